The Balaban J connectivity index is 0.000000101. The number of carbonyl (C=O) groups is 8. The summed E-state index contributed by atoms with van der Waals surface area (Å²) in [7, 11) is 4.13. The molecule has 0 unspecified atom stereocenters. The first-order valence-corrected chi connectivity index (χ1v) is 49.8. The predicted octanol–water partition coefficient (Wildman–Crippen LogP) is 9.90. The molecule has 134 heavy (non-hydrogen) atoms. The molecule has 8 heterocycles. The molecule has 8 saturated heterocycles. The largest absolute Gasteiger partial charge is 0.508 e. The van der Waals surface area contributed by atoms with Crippen LogP contribution in [0.1, 0.15) is 217 Å². The van der Waals surface area contributed by atoms with Gasteiger partial charge in [-0.2, -0.15) is 5.26 Å². The first kappa shape index (κ1) is 87.9. The van der Waals surface area contributed by atoms with Crippen molar-refractivity contribution < 1.29 is 79.2 Å². The van der Waals surface area contributed by atoms with Crippen molar-refractivity contribution >= 4 is 52.9 Å². The number of carbonyl (C=O) groups excluding carboxylic acids is 8. The van der Waals surface area contributed by atoms with Crippen molar-refractivity contribution in [3.05, 3.63) is 184 Å². The van der Waals surface area contributed by atoms with Gasteiger partial charge in [0.05, 0.1) is 47.0 Å². The van der Waals surface area contributed by atoms with Crippen LogP contribution in [0.5, 0.6) is 23.0 Å². The van der Waals surface area contributed by atoms with Crippen molar-refractivity contribution in [1.82, 2.24) is 44.5 Å². The quantitative estimate of drug-likeness (QED) is 0.0312. The lowest BCUT2D eigenvalue weighted by Gasteiger charge is -2.66. The van der Waals surface area contributed by atoms with Crippen molar-refractivity contribution in [3.63, 3.8) is 0 Å². The molecule has 8 amide bonds. The number of likely N-dealkylation sites (tertiary alicyclic amines) is 6. The van der Waals surface area contributed by atoms with Gasteiger partial charge in [0.1, 0.15) is 51.7 Å². The number of amides is 8. The Hall–Kier alpha value is -10.2. The lowest BCUT2D eigenvalue weighted by molar-refractivity contribution is -0.191. The van der Waals surface area contributed by atoms with E-state index in [0.717, 1.165) is 153 Å². The van der Waals surface area contributed by atoms with E-state index in [-0.39, 0.29) is 108 Å². The number of benzene rings is 6. The fraction of sp³-hybridized carbons (Fsp3) is 0.579. The number of urea groups is 2. The number of likely N-dealkylation sites (N-methyl/N-ethyl adjacent to an activating group) is 2. The van der Waals surface area contributed by atoms with Gasteiger partial charge in [-0.3, -0.25) is 43.5 Å². The summed E-state index contributed by atoms with van der Waals surface area (Å²) in [6.07, 6.45) is 20.1. The van der Waals surface area contributed by atoms with Gasteiger partial charge >= 0.3 is 12.1 Å². The Morgan fingerprint density at radius 2 is 0.776 bits per heavy atom. The van der Waals surface area contributed by atoms with Crippen molar-refractivity contribution in [2.75, 3.05) is 77.9 Å². The number of hydrogen-bond donors (Lipinski definition) is 9. The zero-order chi connectivity index (χ0) is 92.8. The average molecular weight is 1820 g/mol. The third-order valence-electron chi connectivity index (χ3n) is 38.2. The summed E-state index contributed by atoms with van der Waals surface area (Å²) in [5, 5.41) is 104. The van der Waals surface area contributed by atoms with E-state index in [1.165, 1.54) is 35.5 Å². The Bertz CT molecular complexity index is 5940. The van der Waals surface area contributed by atoms with Crippen LogP contribution in [0, 0.1) is 35.0 Å². The van der Waals surface area contributed by atoms with Gasteiger partial charge in [0, 0.05) is 78.6 Å². The number of nitrogens with one attached hydrogen (secondary N) is 1. The van der Waals surface area contributed by atoms with E-state index < -0.39 is 72.3 Å². The van der Waals surface area contributed by atoms with E-state index >= 15 is 0 Å². The van der Waals surface area contributed by atoms with E-state index in [2.05, 4.69) is 38.0 Å². The number of aliphatic hydroxyl groups is 4. The summed E-state index contributed by atoms with van der Waals surface area (Å²) in [4.78, 5) is 125. The standard InChI is InChI=1S/C30H34N2O4.C27H35N3O4.C25H27N3O4.C25H29N3O4/c33-23-9-8-22-14-25-30(36)11-10-29(26(34)16-27(35)32(29)18-20-4-2-1-3-5-20)19-28(30,24(22)15-23)12-13-31(25)17-21-6-7-21;1-28-11-10-25-16-26(8-9-27(25,34)22(28)12-19-6-7-20(31)13-21(19)25)23(32)29(14-17-2-3-17)24(33)30(26)15-18-4-5-18;1-27-12-11-23-15-24(21(30)28(22(31)26-24)17-5-3-2-4-6-17)9-10-25(23,32)20(27)13-16-7-8-18(29)14-19(16)23;26-8-10-28-22(31)13-21(30)24(28)5-6-25(32)20-11-17-3-4-18(29)12-19(17)23(25,15-24)7-9-27(20)14-16-1-2-16/h1-5,8-9,15,21,25,33,36H,6-7,10-14,16-19H2;6-7,13,17-18,22,31,34H,2-5,8-12,14-16H2,1H3;2-8,14,20,29,32H,9-13,15H2,1H3,(H,26,31);3-4,12,16,20,29,32H,1-2,5-7,9-11,13-15H2/t25-,28-,29+,30-;22-,25-,26+,27-;2*20-,23-,24+,25-/m1111/s1. The highest BCUT2D eigenvalue weighted by Gasteiger charge is 2.77. The maximum absolute atomic E-state index is 14.2. The number of Topliss-reactive ketones (excluding diaryl/α,β-unsaturated/α-hetero) is 2. The van der Waals surface area contributed by atoms with Crippen molar-refractivity contribution in [1.29, 1.82) is 5.26 Å². The summed E-state index contributed by atoms with van der Waals surface area (Å²) < 4.78 is 0. The molecule has 0 radical (unpaired) electrons. The Morgan fingerprint density at radius 1 is 0.396 bits per heavy atom. The number of phenolic OH excluding ortho intramolecular Hbond substituents is 4. The van der Waals surface area contributed by atoms with Crippen molar-refractivity contribution in [2.45, 2.75) is 290 Å². The molecule has 26 rings (SSSR count). The molecule has 4 spiro atoms. The van der Waals surface area contributed by atoms with Crippen LogP contribution in [0.3, 0.4) is 0 Å². The van der Waals surface area contributed by atoms with Crippen LogP contribution in [-0.4, -0.2) is 269 Å². The number of piperidine rings is 4. The van der Waals surface area contributed by atoms with Gasteiger partial charge < -0.3 is 70.7 Å². The highest BCUT2D eigenvalue weighted by atomic mass is 16.3. The number of nitrogens with zero attached hydrogens (tertiary/aromatic N) is 10. The molecule has 8 saturated carbocycles. The molecule has 8 aliphatic heterocycles. The molecule has 16 fully saturated rings. The smallest absolute Gasteiger partial charge is 0.329 e. The Kier molecular flexibility index (Phi) is 20.3. The van der Waals surface area contributed by atoms with E-state index in [9.17, 15) is 84.5 Å². The van der Waals surface area contributed by atoms with Crippen LogP contribution in [0.4, 0.5) is 15.3 Å². The molecule has 12 aliphatic carbocycles. The second-order valence-electron chi connectivity index (χ2n) is 44.9. The lowest BCUT2D eigenvalue weighted by Crippen LogP contribution is -2.76. The molecule has 20 aliphatic rings. The number of fused-ring (bicyclic) bond motifs is 4. The maximum atomic E-state index is 14.2. The Labute approximate surface area is 781 Å². The predicted molar refractivity (Wildman–Crippen MR) is 493 cm³/mol. The highest BCUT2D eigenvalue weighted by molar-refractivity contribution is 6.23. The number of rotatable bonds is 12. The molecule has 27 heteroatoms. The van der Waals surface area contributed by atoms with Crippen molar-refractivity contribution in [2.24, 2.45) is 23.7 Å². The molecule has 16 atom stereocenters. The number of imide groups is 2. The van der Waals surface area contributed by atoms with E-state index in [1.807, 2.05) is 89.6 Å². The molecular formula is C107H125N11O16. The molecule has 0 aromatic heterocycles. The van der Waals surface area contributed by atoms with Gasteiger partial charge in [0.25, 0.3) is 11.8 Å². The average Bonchev–Trinajstić information content (AvgIpc) is 1.67. The molecule has 27 nitrogen and oxygen atoms in total. The monoisotopic (exact) mass is 1820 g/mol. The number of para-hydroxylation sites is 1. The van der Waals surface area contributed by atoms with Gasteiger partial charge in [-0.1, -0.05) is 72.8 Å². The maximum Gasteiger partial charge on any atom is 0.329 e. The van der Waals surface area contributed by atoms with Crippen LogP contribution >= 0.6 is 0 Å². The van der Waals surface area contributed by atoms with Gasteiger partial charge in [0.15, 0.2) is 11.6 Å². The summed E-state index contributed by atoms with van der Waals surface area (Å²) in [5.41, 5.74) is -0.816. The minimum absolute atomic E-state index is 0.00368. The molecule has 704 valence electrons. The lowest BCUT2D eigenvalue weighted by atomic mass is 9.46. The van der Waals surface area contributed by atoms with Crippen LogP contribution in [0.25, 0.3) is 0 Å². The molecule has 6 aromatic rings. The third-order valence-corrected chi connectivity index (χ3v) is 38.2. The van der Waals surface area contributed by atoms with E-state index in [4.69, 9.17) is 0 Å². The summed E-state index contributed by atoms with van der Waals surface area (Å²) in [5.74, 6) is 2.26. The SMILES string of the molecule is CN1CC[C@]23C[C@@]4(CC[C@@]2(O)[C@H]1Cc1ccc(O)cc13)C(=O)N(CC1CC1)C(=O)N4CC1CC1.CN1CC[C@]23C[C@]4(CC[C@@]2(O)[C@H]1Cc1ccc(O)cc13)NC(=O)N(c1ccccc1)C4=O.N#CCN1C(=O)CC(=O)[C@@]12CC[C@@]1(O)[C@H]3Cc4ccc(O)cc4[C@@]1(CCN3CC1CC1)C2.O=C1CC(=O)[C@@]2(CC[C@@]3(O)[C@H]4Cc5ccc(O)cc5[C@@]3(CCN4CC3CC3)C2)N1Cc1ccccc1. The first-order chi connectivity index (χ1) is 64.2. The zero-order valence-corrected chi connectivity index (χ0v) is 76.9. The van der Waals surface area contributed by atoms with Gasteiger partial charge in [-0.15, -0.1) is 0 Å². The molecular weight excluding hydrogens is 1700 g/mol. The number of hydrogen-bond acceptors (Lipinski definition) is 21. The van der Waals surface area contributed by atoms with Crippen molar-refractivity contribution in [3.8, 4) is 29.1 Å². The van der Waals surface area contributed by atoms with Crippen LogP contribution in [-0.2, 0) is 82.7 Å². The number of phenols is 4. The third kappa shape index (κ3) is 12.9. The molecule has 9 N–H and O–H groups in total. The van der Waals surface area contributed by atoms with Gasteiger partial charge in [-0.25, -0.2) is 14.5 Å². The fourth-order valence-corrected chi connectivity index (χ4v) is 30.7. The second kappa shape index (κ2) is 30.9. The van der Waals surface area contributed by atoms with Gasteiger partial charge in [-0.05, 0) is 354 Å². The minimum Gasteiger partial charge on any atom is -0.508 e. The molecule has 8 bridgehead atoms. The first-order valence-electron chi connectivity index (χ1n) is 49.8. The number of anilines is 1. The number of aromatic hydroxyl groups is 4. The van der Waals surface area contributed by atoms with Gasteiger partial charge in [0.2, 0.25) is 11.8 Å². The number of ketones is 2. The highest BCUT2D eigenvalue weighted by Crippen LogP contribution is 2.69. The topological polar surface area (TPSA) is 363 Å². The summed E-state index contributed by atoms with van der Waals surface area (Å²) in [6.45, 7) is 6.82. The van der Waals surface area contributed by atoms with Crippen LogP contribution in [0.15, 0.2) is 133 Å². The summed E-state index contributed by atoms with van der Waals surface area (Å²) >= 11 is 0. The summed E-state index contributed by atoms with van der Waals surface area (Å²) in [6, 6.07) is 42.2. The fourth-order valence-electron chi connectivity index (χ4n) is 30.7. The van der Waals surface area contributed by atoms with E-state index in [0.29, 0.717) is 139 Å². The zero-order valence-electron chi connectivity index (χ0n) is 76.9. The minimum atomic E-state index is -1.07. The van der Waals surface area contributed by atoms with E-state index in [1.54, 1.807) is 65.6 Å². The molecule has 6 aromatic carbocycles. The second-order valence-corrected chi connectivity index (χ2v) is 44.9. The van der Waals surface area contributed by atoms with Crippen LogP contribution < -0.4 is 10.2 Å². The Morgan fingerprint density at radius 3 is 1.23 bits per heavy atom. The normalized spacial score (nSPS) is 37.4. The number of nitriles is 1. The van der Waals surface area contributed by atoms with Crippen LogP contribution in [0.2, 0.25) is 0 Å².